The van der Waals surface area contributed by atoms with Gasteiger partial charge in [0.05, 0.1) is 7.11 Å². The molecule has 2 aromatic rings. The molecule has 3 N–H and O–H groups in total. The topological polar surface area (TPSA) is 108 Å². The molecule has 1 heterocycles. The van der Waals surface area contributed by atoms with Crippen LogP contribution in [0.5, 0.6) is 11.5 Å². The van der Waals surface area contributed by atoms with Gasteiger partial charge in [0.1, 0.15) is 12.2 Å². The maximum absolute atomic E-state index is 12.5. The molecule has 3 rings (SSSR count). The number of urea groups is 1. The lowest BCUT2D eigenvalue weighted by atomic mass is 10.1. The predicted octanol–water partition coefficient (Wildman–Crippen LogP) is 2.24. The highest BCUT2D eigenvalue weighted by Crippen LogP contribution is 2.31. The molecule has 0 aromatic heterocycles. The first kappa shape index (κ1) is 19.0. The summed E-state index contributed by atoms with van der Waals surface area (Å²) in [6, 6.07) is 11.2. The van der Waals surface area contributed by atoms with Gasteiger partial charge in [-0.2, -0.15) is 0 Å². The van der Waals surface area contributed by atoms with E-state index < -0.39 is 24.4 Å². The fourth-order valence-corrected chi connectivity index (χ4v) is 2.76. The van der Waals surface area contributed by atoms with Gasteiger partial charge in [-0.3, -0.25) is 9.59 Å². The lowest BCUT2D eigenvalue weighted by molar-refractivity contribution is -0.127. The van der Waals surface area contributed by atoms with Gasteiger partial charge in [-0.25, -0.2) is 9.69 Å². The maximum atomic E-state index is 12.5. The molecule has 1 fully saturated rings. The van der Waals surface area contributed by atoms with E-state index in [-0.39, 0.29) is 17.2 Å². The number of nitrogens with one attached hydrogen (secondary N) is 2. The molecular weight excluding hydrogens is 362 g/mol. The van der Waals surface area contributed by atoms with Crippen LogP contribution in [-0.4, -0.2) is 41.5 Å². The third-order valence-corrected chi connectivity index (χ3v) is 4.12. The number of rotatable bonds is 5. The second-order valence-corrected chi connectivity index (χ2v) is 6.20. The summed E-state index contributed by atoms with van der Waals surface area (Å²) in [5.41, 5.74) is 1.80. The van der Waals surface area contributed by atoms with E-state index in [0.717, 1.165) is 10.5 Å². The lowest BCUT2D eigenvalue weighted by Gasteiger charge is -2.12. The van der Waals surface area contributed by atoms with Crippen molar-refractivity contribution in [2.75, 3.05) is 19.0 Å². The summed E-state index contributed by atoms with van der Waals surface area (Å²) in [5.74, 6) is -1.08. The van der Waals surface area contributed by atoms with E-state index in [0.29, 0.717) is 11.3 Å². The Hall–Kier alpha value is -3.81. The van der Waals surface area contributed by atoms with Crippen molar-refractivity contribution in [3.8, 4) is 11.5 Å². The Morgan fingerprint density at radius 3 is 2.71 bits per heavy atom. The first-order chi connectivity index (χ1) is 13.4. The first-order valence-electron chi connectivity index (χ1n) is 8.46. The van der Waals surface area contributed by atoms with Crippen molar-refractivity contribution < 1.29 is 24.2 Å². The van der Waals surface area contributed by atoms with E-state index in [1.165, 1.54) is 13.2 Å². The van der Waals surface area contributed by atoms with Crippen molar-refractivity contribution in [3.05, 3.63) is 59.3 Å². The summed E-state index contributed by atoms with van der Waals surface area (Å²) >= 11 is 0. The van der Waals surface area contributed by atoms with Gasteiger partial charge in [0, 0.05) is 11.3 Å². The van der Waals surface area contributed by atoms with Crippen molar-refractivity contribution in [2.45, 2.75) is 6.92 Å². The highest BCUT2D eigenvalue weighted by Gasteiger charge is 2.35. The first-order valence-corrected chi connectivity index (χ1v) is 8.46. The van der Waals surface area contributed by atoms with E-state index in [1.54, 1.807) is 36.4 Å². The largest absolute Gasteiger partial charge is 0.504 e. The van der Waals surface area contributed by atoms with Crippen LogP contribution in [0.3, 0.4) is 0 Å². The molecule has 0 radical (unpaired) electrons. The van der Waals surface area contributed by atoms with Crippen LogP contribution in [0.25, 0.3) is 6.08 Å². The summed E-state index contributed by atoms with van der Waals surface area (Å²) in [7, 11) is 1.41. The van der Waals surface area contributed by atoms with Gasteiger partial charge >= 0.3 is 6.03 Å². The van der Waals surface area contributed by atoms with Gasteiger partial charge in [-0.05, 0) is 36.8 Å². The van der Waals surface area contributed by atoms with Crippen LogP contribution in [0.1, 0.15) is 11.1 Å². The fraction of sp³-hybridized carbons (Fsp3) is 0.150. The predicted molar refractivity (Wildman–Crippen MR) is 103 cm³/mol. The zero-order valence-electron chi connectivity index (χ0n) is 15.4. The fourth-order valence-electron chi connectivity index (χ4n) is 2.76. The van der Waals surface area contributed by atoms with Crippen LogP contribution in [0.15, 0.2) is 48.2 Å². The number of phenols is 1. The normalized spacial score (nSPS) is 14.9. The number of ether oxygens (including phenoxy) is 1. The summed E-state index contributed by atoms with van der Waals surface area (Å²) in [6.07, 6.45) is 1.33. The number of hydrogen-bond acceptors (Lipinski definition) is 5. The molecule has 1 saturated heterocycles. The minimum Gasteiger partial charge on any atom is -0.504 e. The average molecular weight is 381 g/mol. The summed E-state index contributed by atoms with van der Waals surface area (Å²) in [6.45, 7) is 1.46. The monoisotopic (exact) mass is 381 g/mol. The van der Waals surface area contributed by atoms with Crippen molar-refractivity contribution in [2.24, 2.45) is 0 Å². The van der Waals surface area contributed by atoms with Crippen LogP contribution in [0.4, 0.5) is 10.5 Å². The number of benzene rings is 2. The number of carbonyl (C=O) groups is 3. The molecule has 0 unspecified atom stereocenters. The molecule has 0 bridgehead atoms. The quantitative estimate of drug-likeness (QED) is 0.544. The van der Waals surface area contributed by atoms with Gasteiger partial charge < -0.3 is 20.5 Å². The van der Waals surface area contributed by atoms with Gasteiger partial charge in [0.15, 0.2) is 11.5 Å². The molecule has 8 heteroatoms. The Kier molecular flexibility index (Phi) is 5.30. The van der Waals surface area contributed by atoms with Crippen LogP contribution in [0, 0.1) is 6.92 Å². The van der Waals surface area contributed by atoms with Gasteiger partial charge in [0.25, 0.3) is 5.91 Å². The average Bonchev–Trinajstić information content (AvgIpc) is 2.91. The van der Waals surface area contributed by atoms with E-state index in [9.17, 15) is 19.5 Å². The van der Waals surface area contributed by atoms with Crippen molar-refractivity contribution >= 4 is 29.6 Å². The Morgan fingerprint density at radius 1 is 1.25 bits per heavy atom. The Labute approximate surface area is 161 Å². The Morgan fingerprint density at radius 2 is 2.00 bits per heavy atom. The van der Waals surface area contributed by atoms with Gasteiger partial charge in [0.2, 0.25) is 5.91 Å². The highest BCUT2D eigenvalue weighted by molar-refractivity contribution is 6.16. The van der Waals surface area contributed by atoms with Crippen molar-refractivity contribution in [1.29, 1.82) is 0 Å². The number of aryl methyl sites for hydroxylation is 1. The molecule has 0 aliphatic carbocycles. The summed E-state index contributed by atoms with van der Waals surface area (Å²) in [5, 5.41) is 15.2. The van der Waals surface area contributed by atoms with Crippen molar-refractivity contribution in [3.63, 3.8) is 0 Å². The maximum Gasteiger partial charge on any atom is 0.329 e. The van der Waals surface area contributed by atoms with Crippen LogP contribution in [0.2, 0.25) is 0 Å². The zero-order valence-corrected chi connectivity index (χ0v) is 15.4. The summed E-state index contributed by atoms with van der Waals surface area (Å²) in [4.78, 5) is 37.6. The molecule has 1 aliphatic heterocycles. The standard InChI is InChI=1S/C20H19N3O5/c1-12-5-3-7-14(9-12)21-17(24)11-23-19(26)15(22-20(23)27)10-13-6-4-8-16(28-2)18(13)25/h3-10,25H,11H2,1-2H3,(H,21,24)(H,22,27)/b15-10-. The van der Waals surface area contributed by atoms with Crippen LogP contribution >= 0.6 is 0 Å². The number of amides is 4. The van der Waals surface area contributed by atoms with Crippen LogP contribution in [-0.2, 0) is 9.59 Å². The second-order valence-electron chi connectivity index (χ2n) is 6.20. The second kappa shape index (κ2) is 7.83. The SMILES string of the molecule is COc1cccc(/C=C2\NC(=O)N(CC(=O)Nc3cccc(C)c3)C2=O)c1O. The number of para-hydroxylation sites is 1. The number of aromatic hydroxyl groups is 1. The molecular formula is C20H19N3O5. The zero-order chi connectivity index (χ0) is 20.3. The minimum atomic E-state index is -0.710. The third kappa shape index (κ3) is 3.96. The number of carbonyl (C=O) groups excluding carboxylic acids is 3. The summed E-state index contributed by atoms with van der Waals surface area (Å²) < 4.78 is 5.02. The molecule has 0 saturated carbocycles. The van der Waals surface area contributed by atoms with E-state index in [2.05, 4.69) is 10.6 Å². The lowest BCUT2D eigenvalue weighted by Crippen LogP contribution is -2.38. The molecule has 4 amide bonds. The number of imide groups is 1. The molecule has 0 spiro atoms. The Bertz CT molecular complexity index is 984. The molecule has 28 heavy (non-hydrogen) atoms. The number of methoxy groups -OCH3 is 1. The van der Waals surface area contributed by atoms with Crippen molar-refractivity contribution in [1.82, 2.24) is 10.2 Å². The van der Waals surface area contributed by atoms with Crippen LogP contribution < -0.4 is 15.4 Å². The Balaban J connectivity index is 1.74. The molecule has 144 valence electrons. The molecule has 2 aromatic carbocycles. The number of anilines is 1. The number of phenolic OH excluding ortho intramolecular Hbond substituents is 1. The smallest absolute Gasteiger partial charge is 0.329 e. The van der Waals surface area contributed by atoms with Gasteiger partial charge in [-0.15, -0.1) is 0 Å². The molecule has 8 nitrogen and oxygen atoms in total. The van der Waals surface area contributed by atoms with E-state index in [4.69, 9.17) is 4.74 Å². The molecule has 0 atom stereocenters. The third-order valence-electron chi connectivity index (χ3n) is 4.12. The van der Waals surface area contributed by atoms with Gasteiger partial charge in [-0.1, -0.05) is 24.3 Å². The highest BCUT2D eigenvalue weighted by atomic mass is 16.5. The van der Waals surface area contributed by atoms with E-state index >= 15 is 0 Å². The number of hydrogen-bond donors (Lipinski definition) is 3. The minimum absolute atomic E-state index is 0.0445. The van der Waals surface area contributed by atoms with E-state index in [1.807, 2.05) is 13.0 Å². The number of nitrogens with zero attached hydrogens (tertiary/aromatic N) is 1. The molecule has 1 aliphatic rings.